The number of benzene rings is 3. The van der Waals surface area contributed by atoms with Gasteiger partial charge in [0.2, 0.25) is 0 Å². The fourth-order valence-electron chi connectivity index (χ4n) is 4.89. The second kappa shape index (κ2) is 16.1. The Morgan fingerprint density at radius 2 is 1.43 bits per heavy atom. The summed E-state index contributed by atoms with van der Waals surface area (Å²) in [6.45, 7) is 18.1. The SMILES string of the molecule is CC(C)(C)c1ccc([CH]=[Zr+2])cc1.CCc1cc(C(C)(C)C)c(CC)[cH-]1.[Cl-].[Cl-].[c-]1cccc2c1Cc1ccccc1-2. The van der Waals surface area contributed by atoms with Crippen molar-refractivity contribution in [3.8, 4) is 11.1 Å². The van der Waals surface area contributed by atoms with E-state index in [1.165, 1.54) is 74.3 Å². The molecule has 0 saturated heterocycles. The van der Waals surface area contributed by atoms with E-state index in [9.17, 15) is 0 Å². The molecule has 0 radical (unpaired) electrons. The van der Waals surface area contributed by atoms with Crippen LogP contribution in [0.25, 0.3) is 11.1 Å². The molecule has 5 rings (SSSR count). The Balaban J connectivity index is 0.000000293. The molecule has 3 heteroatoms. The van der Waals surface area contributed by atoms with Crippen molar-refractivity contribution in [1.82, 2.24) is 0 Å². The van der Waals surface area contributed by atoms with Gasteiger partial charge in [0.1, 0.15) is 0 Å². The Kier molecular flexibility index (Phi) is 14.6. The quantitative estimate of drug-likeness (QED) is 0.262. The van der Waals surface area contributed by atoms with Gasteiger partial charge in [-0.1, -0.05) is 88.3 Å². The summed E-state index contributed by atoms with van der Waals surface area (Å²) in [5.74, 6) is 0. The number of hydrogen-bond acceptors (Lipinski definition) is 0. The summed E-state index contributed by atoms with van der Waals surface area (Å²) in [5, 5.41) is 0. The number of halogens is 2. The van der Waals surface area contributed by atoms with Gasteiger partial charge in [-0.15, -0.1) is 5.56 Å². The average Bonchev–Trinajstić information content (AvgIpc) is 3.50. The maximum Gasteiger partial charge on any atom is -0.0253 e. The molecule has 0 spiro atoms. The summed E-state index contributed by atoms with van der Waals surface area (Å²) in [4.78, 5) is 0. The molecule has 0 bridgehead atoms. The molecule has 0 heterocycles. The number of rotatable bonds is 3. The predicted molar refractivity (Wildman–Crippen MR) is 163 cm³/mol. The molecule has 212 valence electrons. The predicted octanol–water partition coefficient (Wildman–Crippen LogP) is 3.57. The summed E-state index contributed by atoms with van der Waals surface area (Å²) >= 11 is 1.46. The van der Waals surface area contributed by atoms with Crippen molar-refractivity contribution < 1.29 is 49.0 Å². The first-order valence-electron chi connectivity index (χ1n) is 14.0. The second-order valence-electron chi connectivity index (χ2n) is 12.2. The van der Waals surface area contributed by atoms with Crippen LogP contribution in [0.3, 0.4) is 0 Å². The molecular formula is C37H44Cl2Zr-2. The molecule has 1 aliphatic carbocycles. The van der Waals surface area contributed by atoms with Crippen LogP contribution in [0, 0.1) is 6.07 Å². The zero-order valence-electron chi connectivity index (χ0n) is 25.5. The molecule has 0 N–H and O–H groups in total. The topological polar surface area (TPSA) is 0 Å². The monoisotopic (exact) mass is 648 g/mol. The molecule has 0 atom stereocenters. The van der Waals surface area contributed by atoms with Crippen molar-refractivity contribution in [1.29, 1.82) is 0 Å². The molecular weight excluding hydrogens is 607 g/mol. The van der Waals surface area contributed by atoms with Gasteiger partial charge >= 0.3 is 89.5 Å². The minimum Gasteiger partial charge on any atom is -1.00 e. The third-order valence-electron chi connectivity index (χ3n) is 7.19. The smallest absolute Gasteiger partial charge is 0.0253 e. The van der Waals surface area contributed by atoms with E-state index in [4.69, 9.17) is 0 Å². The maximum absolute atomic E-state index is 3.30. The van der Waals surface area contributed by atoms with Crippen LogP contribution in [0.5, 0.6) is 0 Å². The van der Waals surface area contributed by atoms with Crippen LogP contribution in [0.4, 0.5) is 0 Å². The van der Waals surface area contributed by atoms with Gasteiger partial charge in [0.15, 0.2) is 0 Å². The van der Waals surface area contributed by atoms with E-state index in [0.717, 1.165) is 19.3 Å². The van der Waals surface area contributed by atoms with Gasteiger partial charge in [-0.05, 0) is 6.42 Å². The van der Waals surface area contributed by atoms with Gasteiger partial charge in [0.25, 0.3) is 0 Å². The van der Waals surface area contributed by atoms with E-state index in [-0.39, 0.29) is 30.2 Å². The third kappa shape index (κ3) is 9.72. The minimum atomic E-state index is 0. The van der Waals surface area contributed by atoms with Gasteiger partial charge < -0.3 is 24.8 Å². The van der Waals surface area contributed by atoms with Gasteiger partial charge in [-0.25, -0.2) is 6.07 Å². The summed E-state index contributed by atoms with van der Waals surface area (Å²) in [5.41, 5.74) is 13.4. The molecule has 0 amide bonds. The Morgan fingerprint density at radius 1 is 0.800 bits per heavy atom. The average molecular weight is 651 g/mol. The first-order chi connectivity index (χ1) is 18.0. The fraction of sp³-hybridized carbons (Fsp3) is 0.351. The van der Waals surface area contributed by atoms with Crippen molar-refractivity contribution in [3.63, 3.8) is 0 Å². The Labute approximate surface area is 271 Å². The number of fused-ring (bicyclic) bond motifs is 3. The van der Waals surface area contributed by atoms with Crippen LogP contribution < -0.4 is 24.8 Å². The molecule has 0 unspecified atom stereocenters. The normalized spacial score (nSPS) is 11.3. The van der Waals surface area contributed by atoms with E-state index >= 15 is 0 Å². The van der Waals surface area contributed by atoms with E-state index in [1.54, 1.807) is 0 Å². The Bertz CT molecular complexity index is 1290. The molecule has 40 heavy (non-hydrogen) atoms. The van der Waals surface area contributed by atoms with Crippen molar-refractivity contribution >= 4 is 3.71 Å². The standard InChI is InChI=1S/C13H9.C13H21.C11H14.2ClH.Zr/c1-3-7-12-10(5-1)9-11-6-2-4-8-13(11)12;1-6-10-8-11(7-2)12(9-10)13(3,4)5;1-9-5-7-10(8-6-9)11(2,3)4;;;/h1-5,7-8H,9H2;8-9H,6-7H2,1-5H3;1,5-8H,2-4H3;2*1H;/q2*-1;;;;+2/p-2. The zero-order valence-corrected chi connectivity index (χ0v) is 29.4. The van der Waals surface area contributed by atoms with Gasteiger partial charge in [-0.2, -0.15) is 52.6 Å². The zero-order chi connectivity index (χ0) is 27.9. The van der Waals surface area contributed by atoms with Crippen molar-refractivity contribution in [2.75, 3.05) is 0 Å². The molecule has 4 aromatic carbocycles. The van der Waals surface area contributed by atoms with Gasteiger partial charge in [0.05, 0.1) is 0 Å². The van der Waals surface area contributed by atoms with Crippen LogP contribution >= 0.6 is 0 Å². The molecule has 0 aromatic heterocycles. The minimum absolute atomic E-state index is 0. The van der Waals surface area contributed by atoms with E-state index in [1.807, 2.05) is 6.07 Å². The number of aryl methyl sites for hydroxylation is 2. The van der Waals surface area contributed by atoms with Crippen LogP contribution in [-0.4, -0.2) is 3.71 Å². The molecule has 4 aromatic rings. The van der Waals surface area contributed by atoms with Crippen molar-refractivity contribution in [2.24, 2.45) is 0 Å². The van der Waals surface area contributed by atoms with Crippen LogP contribution in [0.2, 0.25) is 0 Å². The molecule has 0 fully saturated rings. The maximum atomic E-state index is 3.30. The molecule has 0 aliphatic heterocycles. The third-order valence-corrected chi connectivity index (χ3v) is 8.01. The van der Waals surface area contributed by atoms with Gasteiger partial charge in [0, 0.05) is 0 Å². The summed E-state index contributed by atoms with van der Waals surface area (Å²) in [7, 11) is 0. The second-order valence-corrected chi connectivity index (χ2v) is 12.9. The fourth-order valence-corrected chi connectivity index (χ4v) is 5.37. The van der Waals surface area contributed by atoms with E-state index in [0.29, 0.717) is 5.41 Å². The largest absolute Gasteiger partial charge is 1.00 e. The molecule has 0 saturated carbocycles. The van der Waals surface area contributed by atoms with Crippen molar-refractivity contribution in [2.45, 2.75) is 85.5 Å². The number of hydrogen-bond donors (Lipinski definition) is 0. The van der Waals surface area contributed by atoms with Crippen LogP contribution in [0.1, 0.15) is 94.3 Å². The first kappa shape index (κ1) is 36.4. The van der Waals surface area contributed by atoms with Gasteiger partial charge in [-0.3, -0.25) is 0 Å². The van der Waals surface area contributed by atoms with Crippen LogP contribution in [0.15, 0.2) is 78.9 Å². The first-order valence-corrected chi connectivity index (χ1v) is 15.4. The summed E-state index contributed by atoms with van der Waals surface area (Å²) < 4.78 is 2.21. The Morgan fingerprint density at radius 3 is 1.95 bits per heavy atom. The van der Waals surface area contributed by atoms with E-state index < -0.39 is 0 Å². The summed E-state index contributed by atoms with van der Waals surface area (Å²) in [6.07, 6.45) is 3.36. The van der Waals surface area contributed by atoms with Crippen LogP contribution in [-0.2, 0) is 54.3 Å². The molecule has 1 aliphatic rings. The summed E-state index contributed by atoms with van der Waals surface area (Å²) in [6, 6.07) is 31.7. The Hall–Kier alpha value is -1.66. The van der Waals surface area contributed by atoms with Crippen molar-refractivity contribution in [3.05, 3.63) is 124 Å². The van der Waals surface area contributed by atoms with E-state index in [2.05, 4.69) is 138 Å². The molecule has 0 nitrogen and oxygen atoms in total.